The molecule has 0 aliphatic rings. The zero-order valence-corrected chi connectivity index (χ0v) is 9.12. The SMILES string of the molecule is CC(C)NCCNc1ccc(C#N)nc1. The Bertz CT molecular complexity index is 323. The second-order valence-electron chi connectivity index (χ2n) is 3.58. The summed E-state index contributed by atoms with van der Waals surface area (Å²) in [5.41, 5.74) is 1.39. The first-order chi connectivity index (χ1) is 7.22. The molecule has 80 valence electrons. The van der Waals surface area contributed by atoms with E-state index in [9.17, 15) is 0 Å². The Hall–Kier alpha value is -1.60. The van der Waals surface area contributed by atoms with Crippen LogP contribution in [-0.2, 0) is 0 Å². The van der Waals surface area contributed by atoms with Crippen molar-refractivity contribution in [2.75, 3.05) is 18.4 Å². The van der Waals surface area contributed by atoms with Gasteiger partial charge in [-0.15, -0.1) is 0 Å². The van der Waals surface area contributed by atoms with Crippen LogP contribution in [0.15, 0.2) is 18.3 Å². The molecule has 1 rings (SSSR count). The maximum Gasteiger partial charge on any atom is 0.140 e. The molecule has 1 aromatic rings. The van der Waals surface area contributed by atoms with E-state index in [1.54, 1.807) is 12.3 Å². The molecule has 0 unspecified atom stereocenters. The van der Waals surface area contributed by atoms with Crippen LogP contribution in [0.3, 0.4) is 0 Å². The fraction of sp³-hybridized carbons (Fsp3) is 0.455. The Morgan fingerprint density at radius 1 is 1.40 bits per heavy atom. The third-order valence-electron chi connectivity index (χ3n) is 1.88. The van der Waals surface area contributed by atoms with Crippen LogP contribution in [0.1, 0.15) is 19.5 Å². The smallest absolute Gasteiger partial charge is 0.140 e. The van der Waals surface area contributed by atoms with Gasteiger partial charge in [0, 0.05) is 19.1 Å². The van der Waals surface area contributed by atoms with Gasteiger partial charge in [-0.2, -0.15) is 5.26 Å². The predicted octanol–water partition coefficient (Wildman–Crippen LogP) is 1.36. The molecule has 2 N–H and O–H groups in total. The van der Waals surface area contributed by atoms with Crippen molar-refractivity contribution in [1.82, 2.24) is 10.3 Å². The lowest BCUT2D eigenvalue weighted by Crippen LogP contribution is -2.28. The minimum Gasteiger partial charge on any atom is -0.383 e. The zero-order chi connectivity index (χ0) is 11.1. The van der Waals surface area contributed by atoms with E-state index in [1.807, 2.05) is 12.1 Å². The summed E-state index contributed by atoms with van der Waals surface area (Å²) >= 11 is 0. The molecule has 0 radical (unpaired) electrons. The first-order valence-electron chi connectivity index (χ1n) is 5.06. The fourth-order valence-electron chi connectivity index (χ4n) is 1.13. The maximum atomic E-state index is 8.56. The summed E-state index contributed by atoms with van der Waals surface area (Å²) in [5.74, 6) is 0. The van der Waals surface area contributed by atoms with Crippen molar-refractivity contribution in [1.29, 1.82) is 5.26 Å². The molecule has 0 amide bonds. The molecule has 0 atom stereocenters. The lowest BCUT2D eigenvalue weighted by molar-refractivity contribution is 0.602. The maximum absolute atomic E-state index is 8.56. The Labute approximate surface area is 90.3 Å². The van der Waals surface area contributed by atoms with Crippen LogP contribution in [-0.4, -0.2) is 24.1 Å². The Balaban J connectivity index is 2.29. The molecule has 0 aliphatic carbocycles. The van der Waals surface area contributed by atoms with Gasteiger partial charge < -0.3 is 10.6 Å². The number of pyridine rings is 1. The van der Waals surface area contributed by atoms with Crippen molar-refractivity contribution in [3.63, 3.8) is 0 Å². The van der Waals surface area contributed by atoms with E-state index in [1.165, 1.54) is 0 Å². The van der Waals surface area contributed by atoms with Crippen LogP contribution in [0.5, 0.6) is 0 Å². The van der Waals surface area contributed by atoms with E-state index >= 15 is 0 Å². The standard InChI is InChI=1S/C11H16N4/c1-9(2)13-5-6-14-11-4-3-10(7-12)15-8-11/h3-4,8-9,13-14H,5-6H2,1-2H3. The number of nitrogens with zero attached hydrogens (tertiary/aromatic N) is 2. The van der Waals surface area contributed by atoms with Crippen molar-refractivity contribution < 1.29 is 0 Å². The number of hydrogen-bond acceptors (Lipinski definition) is 4. The van der Waals surface area contributed by atoms with Crippen LogP contribution < -0.4 is 10.6 Å². The van der Waals surface area contributed by atoms with Crippen LogP contribution in [0, 0.1) is 11.3 Å². The van der Waals surface area contributed by atoms with Gasteiger partial charge in [0.2, 0.25) is 0 Å². The molecule has 0 saturated heterocycles. The van der Waals surface area contributed by atoms with Crippen molar-refractivity contribution in [3.05, 3.63) is 24.0 Å². The van der Waals surface area contributed by atoms with Crippen LogP contribution >= 0.6 is 0 Å². The Morgan fingerprint density at radius 3 is 2.73 bits per heavy atom. The number of aromatic nitrogens is 1. The molecule has 0 fully saturated rings. The highest BCUT2D eigenvalue weighted by atomic mass is 15.0. The molecule has 0 aliphatic heterocycles. The highest BCUT2D eigenvalue weighted by Crippen LogP contribution is 2.04. The van der Waals surface area contributed by atoms with Gasteiger partial charge in [0.15, 0.2) is 0 Å². The minimum absolute atomic E-state index is 0.445. The first-order valence-corrected chi connectivity index (χ1v) is 5.06. The summed E-state index contributed by atoms with van der Waals surface area (Å²) in [6.45, 7) is 6.00. The van der Waals surface area contributed by atoms with Gasteiger partial charge in [-0.3, -0.25) is 0 Å². The molecule has 0 spiro atoms. The van der Waals surface area contributed by atoms with E-state index in [2.05, 4.69) is 29.5 Å². The Kier molecular flexibility index (Phi) is 4.58. The average Bonchev–Trinajstić information content (AvgIpc) is 2.25. The van der Waals surface area contributed by atoms with Gasteiger partial charge in [0.05, 0.1) is 11.9 Å². The van der Waals surface area contributed by atoms with E-state index in [-0.39, 0.29) is 0 Å². The van der Waals surface area contributed by atoms with Gasteiger partial charge in [-0.05, 0) is 12.1 Å². The van der Waals surface area contributed by atoms with E-state index in [0.29, 0.717) is 11.7 Å². The van der Waals surface area contributed by atoms with E-state index < -0.39 is 0 Å². The third-order valence-corrected chi connectivity index (χ3v) is 1.88. The molecule has 1 heterocycles. The van der Waals surface area contributed by atoms with Gasteiger partial charge >= 0.3 is 0 Å². The Morgan fingerprint density at radius 2 is 2.20 bits per heavy atom. The van der Waals surface area contributed by atoms with Crippen molar-refractivity contribution >= 4 is 5.69 Å². The fourth-order valence-corrected chi connectivity index (χ4v) is 1.13. The van der Waals surface area contributed by atoms with Crippen LogP contribution in [0.4, 0.5) is 5.69 Å². The van der Waals surface area contributed by atoms with Gasteiger partial charge in [0.25, 0.3) is 0 Å². The van der Waals surface area contributed by atoms with Crippen molar-refractivity contribution in [2.24, 2.45) is 0 Å². The topological polar surface area (TPSA) is 60.7 Å². The summed E-state index contributed by atoms with van der Waals surface area (Å²) < 4.78 is 0. The quantitative estimate of drug-likeness (QED) is 0.711. The van der Waals surface area contributed by atoms with Gasteiger partial charge in [-0.25, -0.2) is 4.98 Å². The lowest BCUT2D eigenvalue weighted by atomic mass is 10.3. The number of nitriles is 1. The summed E-state index contributed by atoms with van der Waals surface area (Å²) in [5, 5.41) is 15.1. The number of hydrogen-bond donors (Lipinski definition) is 2. The molecular formula is C11H16N4. The number of nitrogens with one attached hydrogen (secondary N) is 2. The molecule has 0 bridgehead atoms. The lowest BCUT2D eigenvalue weighted by Gasteiger charge is -2.09. The summed E-state index contributed by atoms with van der Waals surface area (Å²) in [6, 6.07) is 6.06. The van der Waals surface area contributed by atoms with E-state index in [0.717, 1.165) is 18.8 Å². The summed E-state index contributed by atoms with van der Waals surface area (Å²) in [4.78, 5) is 3.97. The number of rotatable bonds is 5. The third kappa shape index (κ3) is 4.43. The molecule has 4 heteroatoms. The molecule has 1 aromatic heterocycles. The second kappa shape index (κ2) is 5.99. The molecular weight excluding hydrogens is 188 g/mol. The summed E-state index contributed by atoms with van der Waals surface area (Å²) in [7, 11) is 0. The molecule has 4 nitrogen and oxygen atoms in total. The van der Waals surface area contributed by atoms with Crippen molar-refractivity contribution in [3.8, 4) is 6.07 Å². The van der Waals surface area contributed by atoms with Gasteiger partial charge in [-0.1, -0.05) is 13.8 Å². The second-order valence-corrected chi connectivity index (χ2v) is 3.58. The molecule has 0 saturated carbocycles. The zero-order valence-electron chi connectivity index (χ0n) is 9.12. The molecule has 15 heavy (non-hydrogen) atoms. The first kappa shape index (κ1) is 11.5. The van der Waals surface area contributed by atoms with E-state index in [4.69, 9.17) is 5.26 Å². The highest BCUT2D eigenvalue weighted by Gasteiger charge is 1.94. The van der Waals surface area contributed by atoms with Crippen LogP contribution in [0.25, 0.3) is 0 Å². The molecule has 0 aromatic carbocycles. The normalized spacial score (nSPS) is 10.0. The summed E-state index contributed by atoms with van der Waals surface area (Å²) in [6.07, 6.45) is 1.67. The predicted molar refractivity (Wildman–Crippen MR) is 60.6 cm³/mol. The van der Waals surface area contributed by atoms with Crippen molar-refractivity contribution in [2.45, 2.75) is 19.9 Å². The van der Waals surface area contributed by atoms with Crippen LogP contribution in [0.2, 0.25) is 0 Å². The highest BCUT2D eigenvalue weighted by molar-refractivity contribution is 5.42. The largest absolute Gasteiger partial charge is 0.383 e. The number of anilines is 1. The monoisotopic (exact) mass is 204 g/mol. The average molecular weight is 204 g/mol. The van der Waals surface area contributed by atoms with Gasteiger partial charge in [0.1, 0.15) is 11.8 Å². The minimum atomic E-state index is 0.445.